The van der Waals surface area contributed by atoms with Crippen LogP contribution in [0.2, 0.25) is 0 Å². The molecule has 7 nitrogen and oxygen atoms in total. The van der Waals surface area contributed by atoms with Gasteiger partial charge in [0.1, 0.15) is 0 Å². The average molecular weight is 279 g/mol. The standard InChI is InChI=1S/C13H21N5O2/c1-17(2)12(14)16-13(15)18(3)8-7-9-5-4-6-10(19)11(9)20/h4-6,19-20H,7-8H2,1-3H3,(H3,14,15,16). The molecule has 5 N–H and O–H groups in total. The van der Waals surface area contributed by atoms with Crippen LogP contribution in [0.25, 0.3) is 0 Å². The second-order valence-corrected chi connectivity index (χ2v) is 4.64. The van der Waals surface area contributed by atoms with Crippen molar-refractivity contribution in [1.82, 2.24) is 9.80 Å². The molecule has 7 heteroatoms. The van der Waals surface area contributed by atoms with Crippen LogP contribution in [0.15, 0.2) is 23.2 Å². The van der Waals surface area contributed by atoms with Crippen molar-refractivity contribution in [3.8, 4) is 11.5 Å². The van der Waals surface area contributed by atoms with Crippen molar-refractivity contribution >= 4 is 11.9 Å². The minimum Gasteiger partial charge on any atom is -0.504 e. The monoisotopic (exact) mass is 279 g/mol. The fourth-order valence-electron chi connectivity index (χ4n) is 1.48. The van der Waals surface area contributed by atoms with E-state index in [2.05, 4.69) is 4.99 Å². The SMILES string of the molecule is CN(C)C(=N)N=C(N)N(C)CCc1cccc(O)c1O. The van der Waals surface area contributed by atoms with E-state index in [9.17, 15) is 10.2 Å². The van der Waals surface area contributed by atoms with E-state index in [4.69, 9.17) is 11.1 Å². The second-order valence-electron chi connectivity index (χ2n) is 4.64. The van der Waals surface area contributed by atoms with E-state index in [-0.39, 0.29) is 23.4 Å². The van der Waals surface area contributed by atoms with Crippen LogP contribution in [0.3, 0.4) is 0 Å². The Bertz CT molecular complexity index is 513. The molecule has 0 saturated heterocycles. The Morgan fingerprint density at radius 2 is 1.95 bits per heavy atom. The number of nitrogens with one attached hydrogen (secondary N) is 1. The van der Waals surface area contributed by atoms with Crippen LogP contribution >= 0.6 is 0 Å². The average Bonchev–Trinajstić information content (AvgIpc) is 2.39. The Kier molecular flexibility index (Phi) is 5.19. The van der Waals surface area contributed by atoms with Gasteiger partial charge in [-0.05, 0) is 18.1 Å². The van der Waals surface area contributed by atoms with E-state index in [0.29, 0.717) is 18.5 Å². The molecular weight excluding hydrogens is 258 g/mol. The Balaban J connectivity index is 2.65. The highest BCUT2D eigenvalue weighted by Gasteiger charge is 2.09. The second kappa shape index (κ2) is 6.65. The number of aromatic hydroxyl groups is 2. The number of phenols is 2. The van der Waals surface area contributed by atoms with Crippen LogP contribution in [-0.2, 0) is 6.42 Å². The van der Waals surface area contributed by atoms with Gasteiger partial charge in [-0.2, -0.15) is 4.99 Å². The number of nitrogens with zero attached hydrogens (tertiary/aromatic N) is 3. The summed E-state index contributed by atoms with van der Waals surface area (Å²) in [4.78, 5) is 7.17. The number of phenolic OH excluding ortho intramolecular Hbond substituents is 2. The van der Waals surface area contributed by atoms with Gasteiger partial charge in [0.2, 0.25) is 5.96 Å². The van der Waals surface area contributed by atoms with Crippen molar-refractivity contribution in [1.29, 1.82) is 5.41 Å². The number of para-hydroxylation sites is 1. The third-order valence-electron chi connectivity index (χ3n) is 2.85. The first-order chi connectivity index (χ1) is 9.32. The minimum absolute atomic E-state index is 0.0644. The molecule has 0 radical (unpaired) electrons. The number of guanidine groups is 2. The Morgan fingerprint density at radius 1 is 1.30 bits per heavy atom. The molecule has 0 aliphatic carbocycles. The van der Waals surface area contributed by atoms with Crippen LogP contribution in [0, 0.1) is 5.41 Å². The van der Waals surface area contributed by atoms with E-state index in [1.165, 1.54) is 6.07 Å². The molecule has 0 unspecified atom stereocenters. The predicted octanol–water partition coefficient (Wildman–Crippen LogP) is 0.383. The molecule has 0 spiro atoms. The van der Waals surface area contributed by atoms with Gasteiger partial charge in [0.05, 0.1) is 0 Å². The summed E-state index contributed by atoms with van der Waals surface area (Å²) in [5.74, 6) is 0.0384. The van der Waals surface area contributed by atoms with Crippen molar-refractivity contribution in [3.63, 3.8) is 0 Å². The molecule has 1 aromatic rings. The molecule has 0 saturated carbocycles. The largest absolute Gasteiger partial charge is 0.504 e. The lowest BCUT2D eigenvalue weighted by molar-refractivity contribution is 0.396. The lowest BCUT2D eigenvalue weighted by Crippen LogP contribution is -2.37. The summed E-state index contributed by atoms with van der Waals surface area (Å²) in [7, 11) is 5.18. The molecule has 0 aliphatic rings. The van der Waals surface area contributed by atoms with Crippen LogP contribution in [-0.4, -0.2) is 59.6 Å². The lowest BCUT2D eigenvalue weighted by Gasteiger charge is -2.19. The summed E-state index contributed by atoms with van der Waals surface area (Å²) in [5, 5.41) is 26.7. The van der Waals surface area contributed by atoms with Crippen molar-refractivity contribution < 1.29 is 10.2 Å². The summed E-state index contributed by atoms with van der Waals surface area (Å²) < 4.78 is 0. The molecule has 0 atom stereocenters. The molecule has 0 aromatic heterocycles. The molecule has 1 rings (SSSR count). The Morgan fingerprint density at radius 3 is 2.55 bits per heavy atom. The fourth-order valence-corrected chi connectivity index (χ4v) is 1.48. The van der Waals surface area contributed by atoms with E-state index in [0.717, 1.165) is 0 Å². The molecule has 0 heterocycles. The number of hydrogen-bond donors (Lipinski definition) is 4. The zero-order chi connectivity index (χ0) is 15.3. The van der Waals surface area contributed by atoms with E-state index >= 15 is 0 Å². The Labute approximate surface area is 118 Å². The molecule has 110 valence electrons. The highest BCUT2D eigenvalue weighted by atomic mass is 16.3. The third-order valence-corrected chi connectivity index (χ3v) is 2.85. The van der Waals surface area contributed by atoms with Gasteiger partial charge in [-0.3, -0.25) is 5.41 Å². The molecular formula is C13H21N5O2. The number of nitrogens with two attached hydrogens (primary N) is 1. The highest BCUT2D eigenvalue weighted by Crippen LogP contribution is 2.28. The van der Waals surface area contributed by atoms with Crippen LogP contribution in [0.4, 0.5) is 0 Å². The number of rotatable bonds is 3. The fraction of sp³-hybridized carbons (Fsp3) is 0.385. The van der Waals surface area contributed by atoms with Gasteiger partial charge in [0.15, 0.2) is 17.5 Å². The maximum Gasteiger partial charge on any atom is 0.220 e. The predicted molar refractivity (Wildman–Crippen MR) is 79.1 cm³/mol. The number of hydrogen-bond acceptors (Lipinski definition) is 3. The molecule has 20 heavy (non-hydrogen) atoms. The summed E-state index contributed by atoms with van der Waals surface area (Å²) in [6, 6.07) is 4.83. The van der Waals surface area contributed by atoms with Gasteiger partial charge in [-0.15, -0.1) is 0 Å². The van der Waals surface area contributed by atoms with Crippen molar-refractivity contribution in [2.45, 2.75) is 6.42 Å². The van der Waals surface area contributed by atoms with Crippen LogP contribution in [0.5, 0.6) is 11.5 Å². The maximum absolute atomic E-state index is 9.70. The number of aliphatic imine (C=N–C) groups is 1. The zero-order valence-electron chi connectivity index (χ0n) is 12.0. The smallest absolute Gasteiger partial charge is 0.220 e. The molecule has 0 amide bonds. The normalized spacial score (nSPS) is 11.2. The maximum atomic E-state index is 9.70. The van der Waals surface area contributed by atoms with Gasteiger partial charge >= 0.3 is 0 Å². The third kappa shape index (κ3) is 4.04. The van der Waals surface area contributed by atoms with E-state index in [1.807, 2.05) is 0 Å². The topological polar surface area (TPSA) is 109 Å². The number of likely N-dealkylation sites (N-methyl/N-ethyl adjacent to an activating group) is 1. The van der Waals surface area contributed by atoms with Crippen molar-refractivity contribution in [3.05, 3.63) is 23.8 Å². The molecule has 0 bridgehead atoms. The van der Waals surface area contributed by atoms with Crippen molar-refractivity contribution in [2.24, 2.45) is 10.7 Å². The quantitative estimate of drug-likeness (QED) is 0.363. The first-order valence-corrected chi connectivity index (χ1v) is 6.14. The lowest BCUT2D eigenvalue weighted by atomic mass is 10.1. The highest BCUT2D eigenvalue weighted by molar-refractivity contribution is 5.92. The summed E-state index contributed by atoms with van der Waals surface area (Å²) >= 11 is 0. The summed E-state index contributed by atoms with van der Waals surface area (Å²) in [6.45, 7) is 0.507. The Hall–Kier alpha value is -2.44. The van der Waals surface area contributed by atoms with Gasteiger partial charge in [-0.25, -0.2) is 0 Å². The van der Waals surface area contributed by atoms with Gasteiger partial charge < -0.3 is 25.7 Å². The van der Waals surface area contributed by atoms with Crippen LogP contribution < -0.4 is 5.73 Å². The first kappa shape index (κ1) is 15.6. The van der Waals surface area contributed by atoms with Gasteiger partial charge in [0, 0.05) is 27.7 Å². The summed E-state index contributed by atoms with van der Waals surface area (Å²) in [5.41, 5.74) is 6.42. The van der Waals surface area contributed by atoms with E-state index in [1.54, 1.807) is 43.1 Å². The first-order valence-electron chi connectivity index (χ1n) is 6.14. The zero-order valence-corrected chi connectivity index (χ0v) is 12.0. The van der Waals surface area contributed by atoms with Crippen molar-refractivity contribution in [2.75, 3.05) is 27.7 Å². The van der Waals surface area contributed by atoms with Gasteiger partial charge in [-0.1, -0.05) is 12.1 Å². The number of benzene rings is 1. The van der Waals surface area contributed by atoms with Gasteiger partial charge in [0.25, 0.3) is 0 Å². The molecule has 0 aliphatic heterocycles. The van der Waals surface area contributed by atoms with E-state index < -0.39 is 0 Å². The summed E-state index contributed by atoms with van der Waals surface area (Å²) in [6.07, 6.45) is 0.502. The molecule has 0 fully saturated rings. The molecule has 1 aromatic carbocycles. The minimum atomic E-state index is -0.138. The van der Waals surface area contributed by atoms with Crippen LogP contribution in [0.1, 0.15) is 5.56 Å².